The highest BCUT2D eigenvalue weighted by molar-refractivity contribution is 6.30. The molecule has 0 aliphatic carbocycles. The summed E-state index contributed by atoms with van der Waals surface area (Å²) in [5.41, 5.74) is 1.97. The van der Waals surface area contributed by atoms with Crippen molar-refractivity contribution in [3.05, 3.63) is 22.2 Å². The van der Waals surface area contributed by atoms with Gasteiger partial charge in [-0.25, -0.2) is 9.97 Å². The summed E-state index contributed by atoms with van der Waals surface area (Å²) in [6.45, 7) is 10.9. The first-order valence-corrected chi connectivity index (χ1v) is 6.53. The summed E-state index contributed by atoms with van der Waals surface area (Å²) in [4.78, 5) is 8.92. The molecule has 0 saturated carbocycles. The number of aryl methyl sites for hydroxylation is 1. The van der Waals surface area contributed by atoms with Gasteiger partial charge in [0.15, 0.2) is 5.82 Å². The zero-order valence-corrected chi connectivity index (χ0v) is 12.0. The van der Waals surface area contributed by atoms with Crippen LogP contribution in [0.4, 0.5) is 0 Å². The molecule has 0 aromatic carbocycles. The van der Waals surface area contributed by atoms with E-state index >= 15 is 0 Å². The first-order valence-electron chi connectivity index (χ1n) is 6.15. The molecular weight excluding hydrogens is 236 g/mol. The lowest BCUT2D eigenvalue weighted by Gasteiger charge is -2.20. The summed E-state index contributed by atoms with van der Waals surface area (Å²) in [5.74, 6) is 1.03. The Bertz CT molecular complexity index is 380. The molecule has 17 heavy (non-hydrogen) atoms. The fourth-order valence-electron chi connectivity index (χ4n) is 1.77. The molecule has 0 aliphatic heterocycles. The van der Waals surface area contributed by atoms with Gasteiger partial charge in [-0.2, -0.15) is 0 Å². The average Bonchev–Trinajstić information content (AvgIpc) is 2.29. The highest BCUT2D eigenvalue weighted by Crippen LogP contribution is 2.26. The summed E-state index contributed by atoms with van der Waals surface area (Å²) in [6, 6.07) is 0. The monoisotopic (exact) mass is 256 g/mol. The molecule has 3 nitrogen and oxygen atoms in total. The van der Waals surface area contributed by atoms with Gasteiger partial charge in [0.1, 0.15) is 11.3 Å². The van der Waals surface area contributed by atoms with Crippen molar-refractivity contribution in [1.29, 1.82) is 0 Å². The van der Waals surface area contributed by atoms with E-state index in [9.17, 15) is 0 Å². The lowest BCUT2D eigenvalue weighted by atomic mass is 10.1. The van der Waals surface area contributed by atoms with E-state index in [0.717, 1.165) is 17.7 Å². The van der Waals surface area contributed by atoms with Crippen LogP contribution >= 0.6 is 11.6 Å². The predicted octanol–water partition coefficient (Wildman–Crippen LogP) is 3.73. The van der Waals surface area contributed by atoms with Crippen molar-refractivity contribution >= 4 is 11.6 Å². The van der Waals surface area contributed by atoms with Crippen molar-refractivity contribution in [2.45, 2.75) is 47.1 Å². The molecule has 1 unspecified atom stereocenters. The summed E-state index contributed by atoms with van der Waals surface area (Å²) >= 11 is 6.14. The van der Waals surface area contributed by atoms with Crippen LogP contribution in [0.5, 0.6) is 0 Å². The van der Waals surface area contributed by atoms with E-state index in [0.29, 0.717) is 23.5 Å². The van der Waals surface area contributed by atoms with Crippen LogP contribution in [0, 0.1) is 12.8 Å². The quantitative estimate of drug-likeness (QED) is 0.753. The Morgan fingerprint density at radius 3 is 2.35 bits per heavy atom. The lowest BCUT2D eigenvalue weighted by Crippen LogP contribution is -2.16. The first-order chi connectivity index (χ1) is 8.01. The van der Waals surface area contributed by atoms with Crippen LogP contribution < -0.4 is 0 Å². The number of aromatic nitrogens is 2. The molecule has 0 amide bonds. The minimum atomic E-state index is -0.0802. The Balaban J connectivity index is 3.15. The van der Waals surface area contributed by atoms with Gasteiger partial charge in [-0.05, 0) is 26.2 Å². The van der Waals surface area contributed by atoms with Crippen LogP contribution in [0.25, 0.3) is 0 Å². The normalized spacial score (nSPS) is 13.1. The molecule has 1 atom stereocenters. The predicted molar refractivity (Wildman–Crippen MR) is 70.4 cm³/mol. The fourth-order valence-corrected chi connectivity index (χ4v) is 1.96. The van der Waals surface area contributed by atoms with Gasteiger partial charge in [-0.3, -0.25) is 0 Å². The maximum atomic E-state index is 6.14. The van der Waals surface area contributed by atoms with Gasteiger partial charge in [0.2, 0.25) is 0 Å². The van der Waals surface area contributed by atoms with Gasteiger partial charge in [0.25, 0.3) is 0 Å². The molecule has 0 saturated heterocycles. The van der Waals surface area contributed by atoms with E-state index in [1.165, 1.54) is 0 Å². The standard InChI is InChI=1S/C13H21ClN2O/c1-6-10-9(5)12(14)16-13(15-10)11(8(3)4)17-7-2/h8,11H,6-7H2,1-5H3. The van der Waals surface area contributed by atoms with Crippen LogP contribution in [-0.4, -0.2) is 16.6 Å². The smallest absolute Gasteiger partial charge is 0.159 e. The highest BCUT2D eigenvalue weighted by atomic mass is 35.5. The summed E-state index contributed by atoms with van der Waals surface area (Å²) in [5, 5.41) is 0.539. The van der Waals surface area contributed by atoms with Crippen molar-refractivity contribution < 1.29 is 4.74 Å². The number of hydrogen-bond acceptors (Lipinski definition) is 3. The molecule has 4 heteroatoms. The molecule has 1 rings (SSSR count). The van der Waals surface area contributed by atoms with Gasteiger partial charge in [0.05, 0.1) is 0 Å². The maximum Gasteiger partial charge on any atom is 0.159 e. The van der Waals surface area contributed by atoms with Crippen LogP contribution in [0.15, 0.2) is 0 Å². The summed E-state index contributed by atoms with van der Waals surface area (Å²) in [6.07, 6.45) is 0.779. The van der Waals surface area contributed by atoms with Crippen molar-refractivity contribution in [1.82, 2.24) is 9.97 Å². The third kappa shape index (κ3) is 3.39. The number of halogens is 1. The molecule has 1 aromatic rings. The van der Waals surface area contributed by atoms with E-state index in [1.807, 2.05) is 13.8 Å². The van der Waals surface area contributed by atoms with Crippen LogP contribution in [0.3, 0.4) is 0 Å². The topological polar surface area (TPSA) is 35.0 Å². The summed E-state index contributed by atoms with van der Waals surface area (Å²) < 4.78 is 5.70. The van der Waals surface area contributed by atoms with Crippen molar-refractivity contribution in [3.8, 4) is 0 Å². The zero-order chi connectivity index (χ0) is 13.0. The molecule has 0 spiro atoms. The summed E-state index contributed by atoms with van der Waals surface area (Å²) in [7, 11) is 0. The molecule has 0 N–H and O–H groups in total. The van der Waals surface area contributed by atoms with E-state index in [4.69, 9.17) is 16.3 Å². The van der Waals surface area contributed by atoms with E-state index < -0.39 is 0 Å². The second-order valence-electron chi connectivity index (χ2n) is 4.42. The molecular formula is C13H21ClN2O. The molecule has 0 bridgehead atoms. The number of rotatable bonds is 5. The fraction of sp³-hybridized carbons (Fsp3) is 0.692. The van der Waals surface area contributed by atoms with Gasteiger partial charge in [-0.1, -0.05) is 32.4 Å². The van der Waals surface area contributed by atoms with Crippen molar-refractivity contribution in [2.75, 3.05) is 6.61 Å². The largest absolute Gasteiger partial charge is 0.370 e. The molecule has 0 aliphatic rings. The van der Waals surface area contributed by atoms with Crippen LogP contribution in [0.2, 0.25) is 5.15 Å². The zero-order valence-electron chi connectivity index (χ0n) is 11.2. The molecule has 1 aromatic heterocycles. The van der Waals surface area contributed by atoms with E-state index in [2.05, 4.69) is 30.7 Å². The first kappa shape index (κ1) is 14.4. The molecule has 1 heterocycles. The minimum Gasteiger partial charge on any atom is -0.370 e. The van der Waals surface area contributed by atoms with E-state index in [-0.39, 0.29) is 6.10 Å². The molecule has 0 fully saturated rings. The number of ether oxygens (including phenoxy) is 1. The third-order valence-electron chi connectivity index (χ3n) is 2.75. The number of nitrogens with zero attached hydrogens (tertiary/aromatic N) is 2. The second kappa shape index (κ2) is 6.31. The average molecular weight is 257 g/mol. The molecule has 0 radical (unpaired) electrons. The Labute approximate surface area is 109 Å². The SMILES string of the molecule is CCOC(c1nc(Cl)c(C)c(CC)n1)C(C)C. The van der Waals surface area contributed by atoms with E-state index in [1.54, 1.807) is 0 Å². The van der Waals surface area contributed by atoms with Gasteiger partial charge in [0, 0.05) is 17.9 Å². The lowest BCUT2D eigenvalue weighted by molar-refractivity contribution is 0.0230. The Hall–Kier alpha value is -0.670. The van der Waals surface area contributed by atoms with Gasteiger partial charge >= 0.3 is 0 Å². The minimum absolute atomic E-state index is 0.0802. The molecule has 96 valence electrons. The van der Waals surface area contributed by atoms with Crippen molar-refractivity contribution in [2.24, 2.45) is 5.92 Å². The maximum absolute atomic E-state index is 6.14. The highest BCUT2D eigenvalue weighted by Gasteiger charge is 2.21. The third-order valence-corrected chi connectivity index (χ3v) is 3.11. The second-order valence-corrected chi connectivity index (χ2v) is 4.78. The Morgan fingerprint density at radius 2 is 1.88 bits per heavy atom. The Kier molecular flexibility index (Phi) is 5.34. The number of hydrogen-bond donors (Lipinski definition) is 0. The van der Waals surface area contributed by atoms with Gasteiger partial charge < -0.3 is 4.74 Å². The van der Waals surface area contributed by atoms with Gasteiger partial charge in [-0.15, -0.1) is 0 Å². The van der Waals surface area contributed by atoms with Crippen LogP contribution in [-0.2, 0) is 11.2 Å². The van der Waals surface area contributed by atoms with Crippen molar-refractivity contribution in [3.63, 3.8) is 0 Å². The Morgan fingerprint density at radius 1 is 1.24 bits per heavy atom. The van der Waals surface area contributed by atoms with Crippen LogP contribution in [0.1, 0.15) is 50.9 Å².